The first-order valence-electron chi connectivity index (χ1n) is 4.43. The highest BCUT2D eigenvalue weighted by molar-refractivity contribution is 9.10. The number of ether oxygens (including phenoxy) is 1. The maximum absolute atomic E-state index is 13.2. The highest BCUT2D eigenvalue weighted by atomic mass is 79.9. The number of benzene rings is 1. The van der Waals surface area contributed by atoms with Crippen LogP contribution in [0.15, 0.2) is 35.3 Å². The van der Waals surface area contributed by atoms with Gasteiger partial charge in [-0.15, -0.1) is 6.58 Å². The zero-order valence-corrected chi connectivity index (χ0v) is 9.39. The van der Waals surface area contributed by atoms with E-state index < -0.39 is 0 Å². The molecule has 0 saturated heterocycles. The fourth-order valence-electron chi connectivity index (χ4n) is 1.00. The van der Waals surface area contributed by atoms with E-state index in [0.717, 1.165) is 12.8 Å². The van der Waals surface area contributed by atoms with Crippen LogP contribution in [-0.4, -0.2) is 6.61 Å². The quantitative estimate of drug-likeness (QED) is 0.575. The molecule has 0 radical (unpaired) electrons. The van der Waals surface area contributed by atoms with Gasteiger partial charge in [0.05, 0.1) is 6.61 Å². The van der Waals surface area contributed by atoms with Gasteiger partial charge in [0.25, 0.3) is 0 Å². The molecule has 76 valence electrons. The number of unbranched alkanes of at least 4 members (excludes halogenated alkanes) is 1. The number of halogens is 2. The molecule has 0 aromatic heterocycles. The van der Waals surface area contributed by atoms with Crippen molar-refractivity contribution in [1.29, 1.82) is 0 Å². The molecular formula is C11H12BrFO. The summed E-state index contributed by atoms with van der Waals surface area (Å²) in [5.74, 6) is -0.0322. The zero-order valence-electron chi connectivity index (χ0n) is 7.80. The Morgan fingerprint density at radius 2 is 2.29 bits per heavy atom. The smallest absolute Gasteiger partial charge is 0.166 e. The molecular weight excluding hydrogens is 247 g/mol. The summed E-state index contributed by atoms with van der Waals surface area (Å²) >= 11 is 3.18. The van der Waals surface area contributed by atoms with Gasteiger partial charge in [0.15, 0.2) is 11.6 Å². The summed E-state index contributed by atoms with van der Waals surface area (Å²) in [6.45, 7) is 4.12. The monoisotopic (exact) mass is 258 g/mol. The van der Waals surface area contributed by atoms with E-state index in [1.54, 1.807) is 12.1 Å². The van der Waals surface area contributed by atoms with E-state index in [2.05, 4.69) is 22.5 Å². The first-order valence-corrected chi connectivity index (χ1v) is 5.22. The van der Waals surface area contributed by atoms with Gasteiger partial charge in [-0.3, -0.25) is 0 Å². The lowest BCUT2D eigenvalue weighted by molar-refractivity contribution is 0.296. The highest BCUT2D eigenvalue weighted by Crippen LogP contribution is 2.21. The number of allylic oxidation sites excluding steroid dienone is 1. The van der Waals surface area contributed by atoms with Gasteiger partial charge in [0.1, 0.15) is 0 Å². The molecule has 0 heterocycles. The Balaban J connectivity index is 2.46. The predicted molar refractivity (Wildman–Crippen MR) is 59.0 cm³/mol. The molecule has 0 spiro atoms. The van der Waals surface area contributed by atoms with Crippen molar-refractivity contribution in [2.24, 2.45) is 0 Å². The summed E-state index contributed by atoms with van der Waals surface area (Å²) in [5, 5.41) is 0. The molecule has 1 aromatic rings. The van der Waals surface area contributed by atoms with Crippen LogP contribution in [0.2, 0.25) is 0 Å². The third-order valence-corrected chi connectivity index (χ3v) is 2.20. The highest BCUT2D eigenvalue weighted by Gasteiger charge is 2.02. The first-order chi connectivity index (χ1) is 6.74. The number of rotatable bonds is 5. The summed E-state index contributed by atoms with van der Waals surface area (Å²) in [6.07, 6.45) is 3.57. The van der Waals surface area contributed by atoms with Crippen molar-refractivity contribution in [2.45, 2.75) is 12.8 Å². The minimum Gasteiger partial charge on any atom is -0.491 e. The largest absolute Gasteiger partial charge is 0.491 e. The Labute approximate surface area is 91.7 Å². The fourth-order valence-corrected chi connectivity index (χ4v) is 1.34. The van der Waals surface area contributed by atoms with Gasteiger partial charge in [-0.1, -0.05) is 22.0 Å². The molecule has 0 aliphatic heterocycles. The Morgan fingerprint density at radius 1 is 1.50 bits per heavy atom. The molecule has 3 heteroatoms. The molecule has 0 unspecified atom stereocenters. The summed E-state index contributed by atoms with van der Waals surface area (Å²) in [5.41, 5.74) is 0. The Hall–Kier alpha value is -0.830. The molecule has 1 nitrogen and oxygen atoms in total. The average Bonchev–Trinajstić information content (AvgIpc) is 2.15. The summed E-state index contributed by atoms with van der Waals surface area (Å²) in [4.78, 5) is 0. The molecule has 0 amide bonds. The molecule has 0 atom stereocenters. The summed E-state index contributed by atoms with van der Waals surface area (Å²) in [7, 11) is 0. The van der Waals surface area contributed by atoms with Crippen LogP contribution in [0.25, 0.3) is 0 Å². The van der Waals surface area contributed by atoms with E-state index in [9.17, 15) is 4.39 Å². The van der Waals surface area contributed by atoms with Crippen molar-refractivity contribution in [3.8, 4) is 5.75 Å². The minimum atomic E-state index is -0.335. The standard InChI is InChI=1S/C11H12BrFO/c1-2-3-4-7-14-11-6-5-9(12)8-10(11)13/h2,5-6,8H,1,3-4,7H2. The Bertz CT molecular complexity index is 312. The van der Waals surface area contributed by atoms with E-state index in [1.807, 2.05) is 6.08 Å². The van der Waals surface area contributed by atoms with E-state index in [-0.39, 0.29) is 5.82 Å². The van der Waals surface area contributed by atoms with Crippen LogP contribution in [0.5, 0.6) is 5.75 Å². The van der Waals surface area contributed by atoms with E-state index in [4.69, 9.17) is 4.74 Å². The molecule has 1 rings (SSSR count). The van der Waals surface area contributed by atoms with E-state index in [1.165, 1.54) is 6.07 Å². The average molecular weight is 259 g/mol. The third kappa shape index (κ3) is 3.50. The fraction of sp³-hybridized carbons (Fsp3) is 0.273. The summed E-state index contributed by atoms with van der Waals surface area (Å²) in [6, 6.07) is 4.77. The molecule has 0 saturated carbocycles. The normalized spacial score (nSPS) is 9.86. The van der Waals surface area contributed by atoms with Crippen LogP contribution in [0.4, 0.5) is 4.39 Å². The maximum Gasteiger partial charge on any atom is 0.166 e. The molecule has 0 N–H and O–H groups in total. The Kier molecular flexibility index (Phi) is 4.66. The SMILES string of the molecule is C=CCCCOc1ccc(Br)cc1F. The molecule has 14 heavy (non-hydrogen) atoms. The van der Waals surface area contributed by atoms with Crippen molar-refractivity contribution >= 4 is 15.9 Å². The van der Waals surface area contributed by atoms with Crippen LogP contribution >= 0.6 is 15.9 Å². The van der Waals surface area contributed by atoms with E-state index >= 15 is 0 Å². The third-order valence-electron chi connectivity index (χ3n) is 1.70. The minimum absolute atomic E-state index is 0.303. The molecule has 0 aliphatic rings. The molecule has 0 aliphatic carbocycles. The number of hydrogen-bond acceptors (Lipinski definition) is 1. The van der Waals surface area contributed by atoms with E-state index in [0.29, 0.717) is 16.8 Å². The van der Waals surface area contributed by atoms with Crippen LogP contribution < -0.4 is 4.74 Å². The Morgan fingerprint density at radius 3 is 2.93 bits per heavy atom. The van der Waals surface area contributed by atoms with Gasteiger partial charge >= 0.3 is 0 Å². The lowest BCUT2D eigenvalue weighted by atomic mass is 10.3. The van der Waals surface area contributed by atoms with Gasteiger partial charge in [0.2, 0.25) is 0 Å². The second kappa shape index (κ2) is 5.81. The van der Waals surface area contributed by atoms with Crippen LogP contribution in [0, 0.1) is 5.82 Å². The molecule has 1 aromatic carbocycles. The predicted octanol–water partition coefficient (Wildman–Crippen LogP) is 3.93. The lowest BCUT2D eigenvalue weighted by Gasteiger charge is -2.06. The second-order valence-corrected chi connectivity index (χ2v) is 3.77. The van der Waals surface area contributed by atoms with Gasteiger partial charge in [-0.2, -0.15) is 0 Å². The lowest BCUT2D eigenvalue weighted by Crippen LogP contribution is -1.98. The van der Waals surface area contributed by atoms with Gasteiger partial charge in [-0.05, 0) is 31.0 Å². The zero-order chi connectivity index (χ0) is 10.4. The van der Waals surface area contributed by atoms with Crippen molar-refractivity contribution < 1.29 is 9.13 Å². The van der Waals surface area contributed by atoms with Crippen molar-refractivity contribution in [2.75, 3.05) is 6.61 Å². The van der Waals surface area contributed by atoms with Crippen LogP contribution in [0.3, 0.4) is 0 Å². The van der Waals surface area contributed by atoms with Crippen molar-refractivity contribution in [3.05, 3.63) is 41.1 Å². The molecule has 0 bridgehead atoms. The van der Waals surface area contributed by atoms with Crippen LogP contribution in [-0.2, 0) is 0 Å². The second-order valence-electron chi connectivity index (χ2n) is 2.85. The first kappa shape index (κ1) is 11.2. The topological polar surface area (TPSA) is 9.23 Å². The van der Waals surface area contributed by atoms with Crippen LogP contribution in [0.1, 0.15) is 12.8 Å². The van der Waals surface area contributed by atoms with Crippen molar-refractivity contribution in [3.63, 3.8) is 0 Å². The van der Waals surface area contributed by atoms with Crippen molar-refractivity contribution in [1.82, 2.24) is 0 Å². The van der Waals surface area contributed by atoms with Gasteiger partial charge in [-0.25, -0.2) is 4.39 Å². The maximum atomic E-state index is 13.2. The van der Waals surface area contributed by atoms with Gasteiger partial charge < -0.3 is 4.74 Å². The number of hydrogen-bond donors (Lipinski definition) is 0. The molecule has 0 fully saturated rings. The summed E-state index contributed by atoms with van der Waals surface area (Å²) < 4.78 is 19.2. The van der Waals surface area contributed by atoms with Gasteiger partial charge in [0, 0.05) is 4.47 Å².